The number of hydrogen-bond donors (Lipinski definition) is 3. The normalized spacial score (nSPS) is 24.1. The zero-order chi connectivity index (χ0) is 22.5. The average molecular weight is 446 g/mol. The molecule has 2 rings (SSSR count). The third-order valence-corrected chi connectivity index (χ3v) is 5.95. The molecule has 1 fully saturated rings. The minimum Gasteiger partial charge on any atom is -0.480 e. The minimum absolute atomic E-state index is 0.0139. The van der Waals surface area contributed by atoms with E-state index in [0.29, 0.717) is 5.69 Å². The first-order valence-electron chi connectivity index (χ1n) is 9.25. The number of carboxylic acids is 1. The fourth-order valence-corrected chi connectivity index (χ4v) is 4.49. The van der Waals surface area contributed by atoms with E-state index in [9.17, 15) is 18.9 Å². The summed E-state index contributed by atoms with van der Waals surface area (Å²) in [6.07, 6.45) is 2.06. The van der Waals surface area contributed by atoms with Crippen LogP contribution in [0.4, 0.5) is 0 Å². The highest BCUT2D eigenvalue weighted by Crippen LogP contribution is 2.53. The van der Waals surface area contributed by atoms with Crippen molar-refractivity contribution in [2.45, 2.75) is 45.9 Å². The van der Waals surface area contributed by atoms with E-state index >= 15 is 0 Å². The Morgan fingerprint density at radius 1 is 1.47 bits per heavy atom. The lowest BCUT2D eigenvalue weighted by Gasteiger charge is -2.40. The van der Waals surface area contributed by atoms with E-state index in [2.05, 4.69) is 15.4 Å². The molecule has 0 saturated carbocycles. The number of nitrogens with zero attached hydrogens (tertiary/aromatic N) is 2. The molecule has 1 amide bonds. The molecule has 1 aliphatic heterocycles. The van der Waals surface area contributed by atoms with Crippen LogP contribution < -0.4 is 10.4 Å². The number of hydrogen-bond acceptors (Lipinski definition) is 8. The van der Waals surface area contributed by atoms with Crippen molar-refractivity contribution in [3.8, 4) is 0 Å². The smallest absolute Gasteiger partial charge is 0.407 e. The second kappa shape index (κ2) is 9.69. The Kier molecular flexibility index (Phi) is 7.75. The van der Waals surface area contributed by atoms with Crippen LogP contribution in [-0.4, -0.2) is 57.8 Å². The number of carboxylic acid groups (broad SMARTS) is 1. The fraction of sp³-hybridized carbons (Fsp3) is 0.647. The number of carbonyl (C=O) groups excluding carboxylic acids is 2. The zero-order valence-corrected chi connectivity index (χ0v) is 18.2. The Morgan fingerprint density at radius 3 is 2.77 bits per heavy atom. The summed E-state index contributed by atoms with van der Waals surface area (Å²) in [5, 5.41) is 13.8. The Morgan fingerprint density at radius 2 is 2.17 bits per heavy atom. The lowest BCUT2D eigenvalue weighted by atomic mass is 9.87. The molecule has 0 aliphatic carbocycles. The van der Waals surface area contributed by atoms with E-state index in [1.165, 1.54) is 6.92 Å². The molecule has 1 unspecified atom stereocenters. The van der Waals surface area contributed by atoms with Gasteiger partial charge in [-0.3, -0.25) is 23.4 Å². The Hall–Kier alpha value is -2.27. The summed E-state index contributed by atoms with van der Waals surface area (Å²) in [6, 6.07) is -1.20. The van der Waals surface area contributed by atoms with Crippen molar-refractivity contribution in [3.63, 3.8) is 0 Å². The lowest BCUT2D eigenvalue weighted by molar-refractivity contribution is -0.145. The van der Waals surface area contributed by atoms with E-state index in [1.807, 2.05) is 0 Å². The van der Waals surface area contributed by atoms with Crippen molar-refractivity contribution < 1.29 is 37.8 Å². The topological polar surface area (TPSA) is 158 Å². The van der Waals surface area contributed by atoms with Crippen molar-refractivity contribution in [3.05, 3.63) is 18.2 Å². The van der Waals surface area contributed by atoms with Crippen molar-refractivity contribution in [1.29, 1.82) is 0 Å². The summed E-state index contributed by atoms with van der Waals surface area (Å²) in [7, 11) is -2.20. The molecule has 0 bridgehead atoms. The van der Waals surface area contributed by atoms with Crippen LogP contribution in [0.3, 0.4) is 0 Å². The standard InChI is InChI=1S/C17H27N4O8P/c1-11(16(24)25)20-30(26)28-9-17(2,3)14(29-30)15(23)18-6-5-13(22)27-8-12-7-21(4)10-19-12/h7,10-11,14H,5-6,8-9H2,1-4H3,(H,18,23)(H,20,26)(H,24,25)/t11-,14-,30?/m0/s1. The number of esters is 1. The molecule has 0 radical (unpaired) electrons. The van der Waals surface area contributed by atoms with Crippen molar-refractivity contribution in [1.82, 2.24) is 20.0 Å². The van der Waals surface area contributed by atoms with Gasteiger partial charge in [-0.1, -0.05) is 13.8 Å². The number of carbonyl (C=O) groups is 3. The van der Waals surface area contributed by atoms with Gasteiger partial charge >= 0.3 is 19.7 Å². The van der Waals surface area contributed by atoms with E-state index in [-0.39, 0.29) is 26.2 Å². The number of ether oxygens (including phenoxy) is 1. The van der Waals surface area contributed by atoms with Gasteiger partial charge in [0.1, 0.15) is 12.6 Å². The summed E-state index contributed by atoms with van der Waals surface area (Å²) < 4.78 is 30.0. The van der Waals surface area contributed by atoms with Crippen LogP contribution in [0.15, 0.2) is 12.5 Å². The zero-order valence-electron chi connectivity index (χ0n) is 17.3. The van der Waals surface area contributed by atoms with Crippen LogP contribution >= 0.6 is 7.75 Å². The van der Waals surface area contributed by atoms with Crippen molar-refractivity contribution >= 4 is 25.6 Å². The third-order valence-electron chi connectivity index (χ3n) is 4.29. The maximum absolute atomic E-state index is 12.7. The molecule has 168 valence electrons. The molecule has 13 heteroatoms. The van der Waals surface area contributed by atoms with Gasteiger partial charge in [-0.05, 0) is 6.92 Å². The number of aryl methyl sites for hydroxylation is 1. The van der Waals surface area contributed by atoms with Gasteiger partial charge < -0.3 is 19.7 Å². The molecule has 0 spiro atoms. The average Bonchev–Trinajstić information content (AvgIpc) is 3.07. The molecule has 1 aliphatic rings. The quantitative estimate of drug-likeness (QED) is 0.362. The molecule has 1 saturated heterocycles. The summed E-state index contributed by atoms with van der Waals surface area (Å²) >= 11 is 0. The maximum Gasteiger partial charge on any atom is 0.407 e. The first-order chi connectivity index (χ1) is 13.9. The Balaban J connectivity index is 1.85. The highest BCUT2D eigenvalue weighted by atomic mass is 31.2. The summed E-state index contributed by atoms with van der Waals surface area (Å²) in [6.45, 7) is 4.57. The molecule has 12 nitrogen and oxygen atoms in total. The number of aromatic nitrogens is 2. The van der Waals surface area contributed by atoms with E-state index in [0.717, 1.165) is 0 Å². The van der Waals surface area contributed by atoms with Crippen LogP contribution in [0.25, 0.3) is 0 Å². The van der Waals surface area contributed by atoms with Crippen molar-refractivity contribution in [2.75, 3.05) is 13.2 Å². The van der Waals surface area contributed by atoms with E-state index in [4.69, 9.17) is 18.9 Å². The van der Waals surface area contributed by atoms with Gasteiger partial charge in [0.25, 0.3) is 0 Å². The molecule has 0 aromatic carbocycles. The number of nitrogens with one attached hydrogen (secondary N) is 2. The molecular weight excluding hydrogens is 419 g/mol. The SMILES string of the molecule is C[C@H](NP1(=O)OCC(C)(C)[C@H](C(=O)NCCC(=O)OCc2cn(C)cn2)O1)C(=O)O. The monoisotopic (exact) mass is 446 g/mol. The fourth-order valence-electron chi connectivity index (χ4n) is 2.55. The van der Waals surface area contributed by atoms with Gasteiger partial charge in [-0.15, -0.1) is 0 Å². The highest BCUT2D eigenvalue weighted by molar-refractivity contribution is 7.51. The summed E-state index contributed by atoms with van der Waals surface area (Å²) in [5.74, 6) is -2.35. The van der Waals surface area contributed by atoms with E-state index in [1.54, 1.807) is 38.0 Å². The molecular formula is C17H27N4O8P. The first kappa shape index (κ1) is 24.0. The second-order valence-corrected chi connectivity index (χ2v) is 9.39. The highest BCUT2D eigenvalue weighted by Gasteiger charge is 2.48. The minimum atomic E-state index is -4.00. The summed E-state index contributed by atoms with van der Waals surface area (Å²) in [5.41, 5.74) is -0.225. The van der Waals surface area contributed by atoms with Crippen LogP contribution in [0, 0.1) is 5.41 Å². The Labute approximate surface area is 173 Å². The number of rotatable bonds is 9. The maximum atomic E-state index is 12.7. The molecule has 3 atom stereocenters. The molecule has 1 aromatic rings. The molecule has 2 heterocycles. The van der Waals surface area contributed by atoms with Crippen LogP contribution in [0.1, 0.15) is 32.9 Å². The van der Waals surface area contributed by atoms with Gasteiger partial charge in [0.05, 0.1) is 25.0 Å². The van der Waals surface area contributed by atoms with Gasteiger partial charge in [-0.25, -0.2) is 14.6 Å². The number of aliphatic carboxylic acids is 1. The Bertz CT molecular complexity index is 839. The van der Waals surface area contributed by atoms with Gasteiger partial charge in [0, 0.05) is 25.2 Å². The summed E-state index contributed by atoms with van der Waals surface area (Å²) in [4.78, 5) is 39.4. The van der Waals surface area contributed by atoms with Crippen LogP contribution in [0.5, 0.6) is 0 Å². The van der Waals surface area contributed by atoms with Crippen LogP contribution in [-0.2, 0) is 46.4 Å². The third kappa shape index (κ3) is 6.63. The largest absolute Gasteiger partial charge is 0.480 e. The predicted molar refractivity (Wildman–Crippen MR) is 103 cm³/mol. The first-order valence-corrected chi connectivity index (χ1v) is 10.8. The second-order valence-electron chi connectivity index (χ2n) is 7.67. The van der Waals surface area contributed by atoms with Crippen LogP contribution in [0.2, 0.25) is 0 Å². The molecule has 3 N–H and O–H groups in total. The molecule has 30 heavy (non-hydrogen) atoms. The molecule has 1 aromatic heterocycles. The van der Waals surface area contributed by atoms with Gasteiger partial charge in [0.15, 0.2) is 6.10 Å². The lowest BCUT2D eigenvalue weighted by Crippen LogP contribution is -2.51. The van der Waals surface area contributed by atoms with Crippen molar-refractivity contribution in [2.24, 2.45) is 12.5 Å². The van der Waals surface area contributed by atoms with Gasteiger partial charge in [0.2, 0.25) is 5.91 Å². The number of amides is 1. The van der Waals surface area contributed by atoms with Gasteiger partial charge in [-0.2, -0.15) is 0 Å². The predicted octanol–water partition coefficient (Wildman–Crippen LogP) is 0.582. The number of imidazole rings is 1. The van der Waals surface area contributed by atoms with E-state index < -0.39 is 43.2 Å².